The number of nitrogens with one attached hydrogen (secondary N) is 2. The third-order valence-corrected chi connectivity index (χ3v) is 3.61. The number of rotatable bonds is 3. The van der Waals surface area contributed by atoms with E-state index < -0.39 is 0 Å². The lowest BCUT2D eigenvalue weighted by Gasteiger charge is -2.31. The second-order valence-electron chi connectivity index (χ2n) is 4.87. The summed E-state index contributed by atoms with van der Waals surface area (Å²) in [5.74, 6) is 0.0343. The van der Waals surface area contributed by atoms with Crippen molar-refractivity contribution >= 4 is 11.6 Å². The van der Waals surface area contributed by atoms with E-state index in [9.17, 15) is 4.79 Å². The van der Waals surface area contributed by atoms with Gasteiger partial charge in [-0.25, -0.2) is 0 Å². The number of hydrogen-bond donors (Lipinski definition) is 2. The van der Waals surface area contributed by atoms with E-state index in [2.05, 4.69) is 34.3 Å². The van der Waals surface area contributed by atoms with E-state index in [0.29, 0.717) is 12.1 Å². The first-order chi connectivity index (χ1) is 8.09. The third kappa shape index (κ3) is 2.49. The molecule has 2 N–H and O–H groups in total. The highest BCUT2D eigenvalue weighted by atomic mass is 16.2. The molecule has 0 aliphatic carbocycles. The lowest BCUT2D eigenvalue weighted by molar-refractivity contribution is -0.121. The highest BCUT2D eigenvalue weighted by Gasteiger charge is 2.34. The van der Waals surface area contributed by atoms with Crippen molar-refractivity contribution in [2.24, 2.45) is 0 Å². The molecule has 0 aromatic carbocycles. The zero-order valence-electron chi connectivity index (χ0n) is 10.6. The third-order valence-electron chi connectivity index (χ3n) is 3.61. The maximum Gasteiger partial charge on any atom is 0.241 e. The minimum atomic E-state index is -0.0996. The van der Waals surface area contributed by atoms with Crippen LogP contribution in [0.15, 0.2) is 12.4 Å². The quantitative estimate of drug-likeness (QED) is 0.838. The van der Waals surface area contributed by atoms with Gasteiger partial charge in [0.2, 0.25) is 5.91 Å². The van der Waals surface area contributed by atoms with Crippen LogP contribution in [0.4, 0.5) is 5.69 Å². The summed E-state index contributed by atoms with van der Waals surface area (Å²) in [4.78, 5) is 14.4. The zero-order valence-corrected chi connectivity index (χ0v) is 10.6. The van der Waals surface area contributed by atoms with Gasteiger partial charge >= 0.3 is 0 Å². The lowest BCUT2D eigenvalue weighted by atomic mass is 10.2. The van der Waals surface area contributed by atoms with Gasteiger partial charge in [-0.1, -0.05) is 0 Å². The van der Waals surface area contributed by atoms with Gasteiger partial charge in [0.05, 0.1) is 17.9 Å². The van der Waals surface area contributed by atoms with E-state index in [0.717, 1.165) is 5.69 Å². The van der Waals surface area contributed by atoms with E-state index >= 15 is 0 Å². The van der Waals surface area contributed by atoms with Crippen LogP contribution in [0.1, 0.15) is 33.6 Å². The lowest BCUT2D eigenvalue weighted by Crippen LogP contribution is -2.46. The Labute approximate surface area is 102 Å². The summed E-state index contributed by atoms with van der Waals surface area (Å²) in [5, 5.41) is 9.36. The summed E-state index contributed by atoms with van der Waals surface area (Å²) in [6, 6.07) is 0.864. The van der Waals surface area contributed by atoms with E-state index in [4.69, 9.17) is 0 Å². The van der Waals surface area contributed by atoms with Crippen LogP contribution >= 0.6 is 0 Å². The van der Waals surface area contributed by atoms with Gasteiger partial charge in [0.1, 0.15) is 0 Å². The van der Waals surface area contributed by atoms with Crippen LogP contribution in [0.5, 0.6) is 0 Å². The molecule has 0 bridgehead atoms. The first kappa shape index (κ1) is 12.1. The fraction of sp³-hybridized carbons (Fsp3) is 0.667. The monoisotopic (exact) mass is 236 g/mol. The predicted molar refractivity (Wildman–Crippen MR) is 66.7 cm³/mol. The summed E-state index contributed by atoms with van der Waals surface area (Å²) >= 11 is 0. The standard InChI is InChI=1S/C12H20N4O/c1-8-4-5-9(2)16(8)10(3)12(17)15-11-6-13-14-7-11/h6-10H,4-5H2,1-3H3,(H,13,14)(H,15,17). The van der Waals surface area contributed by atoms with Crippen molar-refractivity contribution in [3.8, 4) is 0 Å². The molecule has 94 valence electrons. The van der Waals surface area contributed by atoms with Gasteiger partial charge in [0.25, 0.3) is 0 Å². The summed E-state index contributed by atoms with van der Waals surface area (Å²) < 4.78 is 0. The molecular formula is C12H20N4O. The Morgan fingerprint density at radius 1 is 1.53 bits per heavy atom. The minimum absolute atomic E-state index is 0.0343. The fourth-order valence-electron chi connectivity index (χ4n) is 2.68. The summed E-state index contributed by atoms with van der Waals surface area (Å²) in [7, 11) is 0. The predicted octanol–water partition coefficient (Wildman–Crippen LogP) is 1.61. The largest absolute Gasteiger partial charge is 0.322 e. The van der Waals surface area contributed by atoms with Gasteiger partial charge in [-0.3, -0.25) is 14.8 Å². The number of hydrogen-bond acceptors (Lipinski definition) is 3. The first-order valence-electron chi connectivity index (χ1n) is 6.16. The van der Waals surface area contributed by atoms with Crippen molar-refractivity contribution in [1.29, 1.82) is 0 Å². The van der Waals surface area contributed by atoms with Crippen LogP contribution in [0.3, 0.4) is 0 Å². The highest BCUT2D eigenvalue weighted by Crippen LogP contribution is 2.26. The SMILES string of the molecule is CC1CCC(C)N1C(C)C(=O)Nc1cn[nH]c1. The molecule has 1 aromatic rings. The van der Waals surface area contributed by atoms with Gasteiger partial charge in [-0.15, -0.1) is 0 Å². The van der Waals surface area contributed by atoms with Crippen LogP contribution < -0.4 is 5.32 Å². The van der Waals surface area contributed by atoms with E-state index in [1.54, 1.807) is 12.4 Å². The van der Waals surface area contributed by atoms with E-state index in [1.165, 1.54) is 12.8 Å². The number of carbonyl (C=O) groups is 1. The summed E-state index contributed by atoms with van der Waals surface area (Å²) in [6.07, 6.45) is 5.64. The van der Waals surface area contributed by atoms with E-state index in [1.807, 2.05) is 6.92 Å². The molecule has 2 rings (SSSR count). The molecule has 17 heavy (non-hydrogen) atoms. The van der Waals surface area contributed by atoms with Gasteiger partial charge in [0, 0.05) is 18.3 Å². The molecule has 5 nitrogen and oxygen atoms in total. The van der Waals surface area contributed by atoms with Crippen molar-refractivity contribution in [1.82, 2.24) is 15.1 Å². The Morgan fingerprint density at radius 2 is 2.18 bits per heavy atom. The fourth-order valence-corrected chi connectivity index (χ4v) is 2.68. The van der Waals surface area contributed by atoms with Gasteiger partial charge in [0.15, 0.2) is 0 Å². The average molecular weight is 236 g/mol. The number of H-pyrrole nitrogens is 1. The maximum absolute atomic E-state index is 12.1. The molecule has 1 aliphatic heterocycles. The van der Waals surface area contributed by atoms with Crippen LogP contribution in [0.2, 0.25) is 0 Å². The molecule has 1 fully saturated rings. The molecule has 0 radical (unpaired) electrons. The number of amides is 1. The van der Waals surface area contributed by atoms with Gasteiger partial charge in [-0.05, 0) is 33.6 Å². The Hall–Kier alpha value is -1.36. The highest BCUT2D eigenvalue weighted by molar-refractivity contribution is 5.94. The average Bonchev–Trinajstić information content (AvgIpc) is 2.89. The van der Waals surface area contributed by atoms with Crippen LogP contribution in [0, 0.1) is 0 Å². The Kier molecular flexibility index (Phi) is 3.47. The van der Waals surface area contributed by atoms with Crippen molar-refractivity contribution in [3.05, 3.63) is 12.4 Å². The van der Waals surface area contributed by atoms with Crippen LogP contribution in [0.25, 0.3) is 0 Å². The normalized spacial score (nSPS) is 27.0. The molecule has 5 heteroatoms. The Morgan fingerprint density at radius 3 is 2.71 bits per heavy atom. The number of likely N-dealkylation sites (tertiary alicyclic amines) is 1. The maximum atomic E-state index is 12.1. The molecule has 3 atom stereocenters. The van der Waals surface area contributed by atoms with Crippen molar-refractivity contribution in [3.63, 3.8) is 0 Å². The zero-order chi connectivity index (χ0) is 12.4. The Balaban J connectivity index is 1.99. The number of nitrogens with zero attached hydrogens (tertiary/aromatic N) is 2. The number of aromatic amines is 1. The topological polar surface area (TPSA) is 61.0 Å². The summed E-state index contributed by atoms with van der Waals surface area (Å²) in [5.41, 5.74) is 0.723. The Bertz CT molecular complexity index is 366. The molecule has 0 saturated carbocycles. The summed E-state index contributed by atoms with van der Waals surface area (Å²) in [6.45, 7) is 6.34. The van der Waals surface area contributed by atoms with Crippen molar-refractivity contribution in [2.45, 2.75) is 51.7 Å². The van der Waals surface area contributed by atoms with Gasteiger partial charge < -0.3 is 5.32 Å². The molecular weight excluding hydrogens is 216 g/mol. The molecule has 2 heterocycles. The molecule has 1 aliphatic rings. The molecule has 0 spiro atoms. The smallest absolute Gasteiger partial charge is 0.241 e. The number of aromatic nitrogens is 2. The van der Waals surface area contributed by atoms with Crippen molar-refractivity contribution in [2.75, 3.05) is 5.32 Å². The van der Waals surface area contributed by atoms with E-state index in [-0.39, 0.29) is 11.9 Å². The number of carbonyl (C=O) groups excluding carboxylic acids is 1. The first-order valence-corrected chi connectivity index (χ1v) is 6.16. The molecule has 1 amide bonds. The second-order valence-corrected chi connectivity index (χ2v) is 4.87. The second kappa shape index (κ2) is 4.87. The number of anilines is 1. The van der Waals surface area contributed by atoms with Crippen molar-refractivity contribution < 1.29 is 4.79 Å². The van der Waals surface area contributed by atoms with Crippen LogP contribution in [-0.2, 0) is 4.79 Å². The molecule has 1 aromatic heterocycles. The minimum Gasteiger partial charge on any atom is -0.322 e. The molecule has 1 saturated heterocycles. The molecule has 3 unspecified atom stereocenters. The van der Waals surface area contributed by atoms with Gasteiger partial charge in [-0.2, -0.15) is 5.10 Å². The van der Waals surface area contributed by atoms with Crippen LogP contribution in [-0.4, -0.2) is 39.1 Å².